The van der Waals surface area contributed by atoms with Crippen molar-refractivity contribution in [3.05, 3.63) is 65.9 Å². The van der Waals surface area contributed by atoms with Crippen LogP contribution in [0.1, 0.15) is 17.0 Å². The monoisotopic (exact) mass is 336 g/mol. The van der Waals surface area contributed by atoms with Crippen LogP contribution in [0.2, 0.25) is 0 Å². The molecule has 0 aliphatic carbocycles. The zero-order valence-electron chi connectivity index (χ0n) is 14.5. The van der Waals surface area contributed by atoms with Gasteiger partial charge in [-0.15, -0.1) is 0 Å². The molecule has 2 N–H and O–H groups in total. The van der Waals surface area contributed by atoms with Gasteiger partial charge in [-0.2, -0.15) is 5.10 Å². The highest BCUT2D eigenvalue weighted by Crippen LogP contribution is 2.16. The minimum atomic E-state index is 0.559. The lowest BCUT2D eigenvalue weighted by atomic mass is 10.1. The predicted molar refractivity (Wildman–Crippen MR) is 98.4 cm³/mol. The van der Waals surface area contributed by atoms with E-state index in [1.54, 1.807) is 0 Å². The van der Waals surface area contributed by atoms with Gasteiger partial charge in [0.25, 0.3) is 0 Å². The number of imidazole rings is 1. The van der Waals surface area contributed by atoms with Gasteiger partial charge in [-0.05, 0) is 18.1 Å². The average Bonchev–Trinajstić information content (AvgIpc) is 3.24. The van der Waals surface area contributed by atoms with E-state index in [0.29, 0.717) is 5.92 Å². The maximum Gasteiger partial charge on any atom is 0.124 e. The lowest BCUT2D eigenvalue weighted by Crippen LogP contribution is -2.35. The van der Waals surface area contributed by atoms with Gasteiger partial charge in [0, 0.05) is 57.1 Å². The van der Waals surface area contributed by atoms with Gasteiger partial charge in [-0.25, -0.2) is 9.67 Å². The molecule has 0 amide bonds. The molecule has 6 heteroatoms. The van der Waals surface area contributed by atoms with Crippen molar-refractivity contribution in [2.45, 2.75) is 26.6 Å². The smallest absolute Gasteiger partial charge is 0.124 e. The van der Waals surface area contributed by atoms with E-state index in [2.05, 4.69) is 49.5 Å². The second kappa shape index (κ2) is 7.11. The first kappa shape index (κ1) is 15.9. The van der Waals surface area contributed by atoms with Crippen LogP contribution in [0.15, 0.2) is 48.9 Å². The van der Waals surface area contributed by atoms with Gasteiger partial charge in [-0.3, -0.25) is 0 Å². The maximum atomic E-state index is 4.35. The van der Waals surface area contributed by atoms with Crippen LogP contribution in [-0.2, 0) is 19.6 Å². The molecule has 1 unspecified atom stereocenters. The largest absolute Gasteiger partial charge is 0.370 e. The fourth-order valence-corrected chi connectivity index (χ4v) is 3.35. The average molecular weight is 336 g/mol. The molecule has 0 spiro atoms. The summed E-state index contributed by atoms with van der Waals surface area (Å²) in [4.78, 5) is 4.29. The molecule has 2 aromatic heterocycles. The molecule has 1 aliphatic rings. The zero-order valence-corrected chi connectivity index (χ0v) is 14.5. The molecule has 0 bridgehead atoms. The van der Waals surface area contributed by atoms with E-state index in [4.69, 9.17) is 0 Å². The SMILES string of the molecule is Cc1nccn1Cc1cccc(CNCC2CNc3ccnn3C2)c1. The number of hydrogen-bond donors (Lipinski definition) is 2. The Labute approximate surface area is 147 Å². The molecular formula is C19H24N6. The van der Waals surface area contributed by atoms with Crippen LogP contribution in [-0.4, -0.2) is 32.4 Å². The Hall–Kier alpha value is -2.60. The van der Waals surface area contributed by atoms with Crippen LogP contribution in [0.5, 0.6) is 0 Å². The fraction of sp³-hybridized carbons (Fsp3) is 0.368. The van der Waals surface area contributed by atoms with Crippen molar-refractivity contribution in [2.24, 2.45) is 5.92 Å². The summed E-state index contributed by atoms with van der Waals surface area (Å²) in [6.45, 7) is 6.75. The van der Waals surface area contributed by atoms with Crippen LogP contribution in [0, 0.1) is 12.8 Å². The highest BCUT2D eigenvalue weighted by molar-refractivity contribution is 5.35. The van der Waals surface area contributed by atoms with Crippen molar-refractivity contribution >= 4 is 5.82 Å². The molecule has 3 heterocycles. The van der Waals surface area contributed by atoms with E-state index < -0.39 is 0 Å². The number of hydrogen-bond acceptors (Lipinski definition) is 4. The molecule has 4 rings (SSSR count). The first-order valence-corrected chi connectivity index (χ1v) is 8.80. The molecule has 0 saturated carbocycles. The Morgan fingerprint density at radius 2 is 2.16 bits per heavy atom. The van der Waals surface area contributed by atoms with Gasteiger partial charge in [0.1, 0.15) is 11.6 Å². The fourth-order valence-electron chi connectivity index (χ4n) is 3.35. The summed E-state index contributed by atoms with van der Waals surface area (Å²) in [5.74, 6) is 2.73. The minimum Gasteiger partial charge on any atom is -0.370 e. The summed E-state index contributed by atoms with van der Waals surface area (Å²) >= 11 is 0. The van der Waals surface area contributed by atoms with E-state index in [-0.39, 0.29) is 0 Å². The normalized spacial score (nSPS) is 16.4. The van der Waals surface area contributed by atoms with Crippen molar-refractivity contribution in [2.75, 3.05) is 18.4 Å². The summed E-state index contributed by atoms with van der Waals surface area (Å²) in [5, 5.41) is 11.4. The molecule has 3 aromatic rings. The van der Waals surface area contributed by atoms with Crippen LogP contribution >= 0.6 is 0 Å². The quantitative estimate of drug-likeness (QED) is 0.725. The summed E-state index contributed by atoms with van der Waals surface area (Å²) in [6.07, 6.45) is 5.73. The highest BCUT2D eigenvalue weighted by atomic mass is 15.3. The van der Waals surface area contributed by atoms with Gasteiger partial charge in [-0.1, -0.05) is 24.3 Å². The second-order valence-electron chi connectivity index (χ2n) is 6.70. The number of nitrogens with zero attached hydrogens (tertiary/aromatic N) is 4. The number of aromatic nitrogens is 4. The molecule has 130 valence electrons. The highest BCUT2D eigenvalue weighted by Gasteiger charge is 2.17. The Morgan fingerprint density at radius 1 is 1.24 bits per heavy atom. The number of nitrogens with one attached hydrogen (secondary N) is 2. The lowest BCUT2D eigenvalue weighted by Gasteiger charge is -2.25. The third-order valence-electron chi connectivity index (χ3n) is 4.75. The maximum absolute atomic E-state index is 4.35. The second-order valence-corrected chi connectivity index (χ2v) is 6.70. The molecule has 1 atom stereocenters. The standard InChI is InChI=1S/C19H24N6/c1-15-21-7-8-24(15)13-17-4-2-3-16(9-17)10-20-11-18-12-22-19-5-6-23-25(19)14-18/h2-9,18,20,22H,10-14H2,1H3. The number of anilines is 1. The zero-order chi connectivity index (χ0) is 17.1. The summed E-state index contributed by atoms with van der Waals surface area (Å²) in [5.41, 5.74) is 2.62. The molecule has 0 fully saturated rings. The van der Waals surface area contributed by atoms with E-state index in [1.807, 2.05) is 36.3 Å². The minimum absolute atomic E-state index is 0.559. The number of aryl methyl sites for hydroxylation is 1. The number of fused-ring (bicyclic) bond motifs is 1. The van der Waals surface area contributed by atoms with Crippen molar-refractivity contribution < 1.29 is 0 Å². The van der Waals surface area contributed by atoms with Gasteiger partial charge in [0.15, 0.2) is 0 Å². The van der Waals surface area contributed by atoms with Crippen LogP contribution in [0.4, 0.5) is 5.82 Å². The van der Waals surface area contributed by atoms with E-state index in [9.17, 15) is 0 Å². The van der Waals surface area contributed by atoms with Gasteiger partial charge >= 0.3 is 0 Å². The number of rotatable bonds is 6. The molecular weight excluding hydrogens is 312 g/mol. The Bertz CT molecular complexity index is 834. The Balaban J connectivity index is 1.30. The van der Waals surface area contributed by atoms with E-state index in [0.717, 1.165) is 44.4 Å². The molecule has 25 heavy (non-hydrogen) atoms. The lowest BCUT2D eigenvalue weighted by molar-refractivity contribution is 0.391. The van der Waals surface area contributed by atoms with Crippen LogP contribution in [0.25, 0.3) is 0 Å². The summed E-state index contributed by atoms with van der Waals surface area (Å²) < 4.78 is 4.21. The van der Waals surface area contributed by atoms with Gasteiger partial charge in [0.2, 0.25) is 0 Å². The van der Waals surface area contributed by atoms with Crippen LogP contribution in [0.3, 0.4) is 0 Å². The first-order valence-electron chi connectivity index (χ1n) is 8.80. The molecule has 1 aliphatic heterocycles. The van der Waals surface area contributed by atoms with Crippen LogP contribution < -0.4 is 10.6 Å². The molecule has 0 saturated heterocycles. The van der Waals surface area contributed by atoms with Crippen molar-refractivity contribution in [3.8, 4) is 0 Å². The van der Waals surface area contributed by atoms with Gasteiger partial charge < -0.3 is 15.2 Å². The summed E-state index contributed by atoms with van der Waals surface area (Å²) in [6, 6.07) is 10.8. The Kier molecular flexibility index (Phi) is 4.52. The summed E-state index contributed by atoms with van der Waals surface area (Å²) in [7, 11) is 0. The van der Waals surface area contributed by atoms with E-state index in [1.165, 1.54) is 11.1 Å². The molecule has 1 aromatic carbocycles. The molecule has 6 nitrogen and oxygen atoms in total. The Morgan fingerprint density at radius 3 is 3.04 bits per heavy atom. The van der Waals surface area contributed by atoms with E-state index >= 15 is 0 Å². The molecule has 0 radical (unpaired) electrons. The predicted octanol–water partition coefficient (Wildman–Crippen LogP) is 2.27. The van der Waals surface area contributed by atoms with Crippen molar-refractivity contribution in [1.82, 2.24) is 24.6 Å². The van der Waals surface area contributed by atoms with Gasteiger partial charge in [0.05, 0.1) is 6.20 Å². The topological polar surface area (TPSA) is 59.7 Å². The van der Waals surface area contributed by atoms with Crippen molar-refractivity contribution in [1.29, 1.82) is 0 Å². The first-order chi connectivity index (χ1) is 12.3. The third kappa shape index (κ3) is 3.74. The van der Waals surface area contributed by atoms with Crippen molar-refractivity contribution in [3.63, 3.8) is 0 Å². The number of benzene rings is 1. The third-order valence-corrected chi connectivity index (χ3v) is 4.75.